The summed E-state index contributed by atoms with van der Waals surface area (Å²) in [5.74, 6) is 0. The van der Waals surface area contributed by atoms with Crippen molar-refractivity contribution in [1.82, 2.24) is 0 Å². The van der Waals surface area contributed by atoms with Crippen LogP contribution >= 0.6 is 0 Å². The molecule has 4 aromatic carbocycles. The van der Waals surface area contributed by atoms with Gasteiger partial charge >= 0.3 is 0 Å². The molecule has 0 radical (unpaired) electrons. The molecule has 5 heteroatoms. The maximum Gasteiger partial charge on any atom is 0.229 e. The van der Waals surface area contributed by atoms with Crippen molar-refractivity contribution in [3.8, 4) is 0 Å². The molecule has 0 bridgehead atoms. The second-order valence-electron chi connectivity index (χ2n) is 6.27. The third-order valence-electron chi connectivity index (χ3n) is 4.23. The molecule has 0 aliphatic heterocycles. The molecule has 0 unspecified atom stereocenters. The minimum Gasteiger partial charge on any atom is -0.355 e. The van der Waals surface area contributed by atoms with Gasteiger partial charge in [-0.15, -0.1) is 0 Å². The Labute approximate surface area is 152 Å². The van der Waals surface area contributed by atoms with Gasteiger partial charge in [0.25, 0.3) is 0 Å². The minimum atomic E-state index is -3.28. The molecular formula is C21H18N2O2S. The van der Waals surface area contributed by atoms with Crippen molar-refractivity contribution >= 4 is 48.6 Å². The lowest BCUT2D eigenvalue weighted by Crippen LogP contribution is -2.09. The first kappa shape index (κ1) is 16.4. The molecule has 0 aromatic heterocycles. The van der Waals surface area contributed by atoms with E-state index in [0.29, 0.717) is 5.69 Å². The second kappa shape index (κ2) is 6.35. The van der Waals surface area contributed by atoms with E-state index in [0.717, 1.165) is 28.4 Å². The Bertz CT molecular complexity index is 1150. The topological polar surface area (TPSA) is 58.2 Å². The predicted molar refractivity (Wildman–Crippen MR) is 110 cm³/mol. The van der Waals surface area contributed by atoms with Gasteiger partial charge in [0.05, 0.1) is 11.9 Å². The van der Waals surface area contributed by atoms with Gasteiger partial charge in [-0.2, -0.15) is 0 Å². The predicted octanol–water partition coefficient (Wildman–Crippen LogP) is 5.11. The molecule has 4 nitrogen and oxygen atoms in total. The lowest BCUT2D eigenvalue weighted by molar-refractivity contribution is 0.607. The molecule has 0 atom stereocenters. The number of benzene rings is 4. The summed E-state index contributed by atoms with van der Waals surface area (Å²) in [6.07, 6.45) is 1.14. The number of fused-ring (bicyclic) bond motifs is 2. The number of rotatable bonds is 4. The first-order chi connectivity index (χ1) is 12.5. The average Bonchev–Trinajstić information content (AvgIpc) is 2.62. The Morgan fingerprint density at radius 3 is 1.73 bits per heavy atom. The smallest absolute Gasteiger partial charge is 0.229 e. The van der Waals surface area contributed by atoms with E-state index in [2.05, 4.69) is 40.4 Å². The normalized spacial score (nSPS) is 11.6. The Kier molecular flexibility index (Phi) is 4.01. The van der Waals surface area contributed by atoms with E-state index in [-0.39, 0.29) is 0 Å². The summed E-state index contributed by atoms with van der Waals surface area (Å²) >= 11 is 0. The number of anilines is 3. The Morgan fingerprint density at radius 2 is 1.19 bits per heavy atom. The first-order valence-corrected chi connectivity index (χ1v) is 10.1. The average molecular weight is 362 g/mol. The largest absolute Gasteiger partial charge is 0.355 e. The lowest BCUT2D eigenvalue weighted by Gasteiger charge is -2.14. The summed E-state index contributed by atoms with van der Waals surface area (Å²) < 4.78 is 25.2. The van der Waals surface area contributed by atoms with Crippen molar-refractivity contribution in [2.24, 2.45) is 0 Å². The molecule has 4 rings (SSSR count). The van der Waals surface area contributed by atoms with Crippen molar-refractivity contribution < 1.29 is 8.42 Å². The van der Waals surface area contributed by atoms with Crippen LogP contribution < -0.4 is 10.0 Å². The van der Waals surface area contributed by atoms with Crippen LogP contribution in [-0.2, 0) is 10.0 Å². The molecule has 130 valence electrons. The molecule has 0 amide bonds. The summed E-state index contributed by atoms with van der Waals surface area (Å²) in [6, 6.07) is 25.9. The zero-order chi connectivity index (χ0) is 18.1. The van der Waals surface area contributed by atoms with Gasteiger partial charge in [0, 0.05) is 22.1 Å². The van der Waals surface area contributed by atoms with Crippen molar-refractivity contribution in [3.63, 3.8) is 0 Å². The van der Waals surface area contributed by atoms with Crippen molar-refractivity contribution in [1.29, 1.82) is 0 Å². The molecule has 0 fully saturated rings. The summed E-state index contributed by atoms with van der Waals surface area (Å²) in [5, 5.41) is 8.13. The van der Waals surface area contributed by atoms with Crippen LogP contribution in [-0.4, -0.2) is 14.7 Å². The fourth-order valence-corrected chi connectivity index (χ4v) is 3.69. The highest BCUT2D eigenvalue weighted by Crippen LogP contribution is 2.35. The summed E-state index contributed by atoms with van der Waals surface area (Å²) in [4.78, 5) is 0. The van der Waals surface area contributed by atoms with Crippen molar-refractivity contribution in [2.75, 3.05) is 16.3 Å². The molecule has 0 saturated carbocycles. The number of hydrogen-bond donors (Lipinski definition) is 2. The standard InChI is InChI=1S/C21H18N2O2S/c1-26(24,25)23-18-12-10-17(11-13-18)22-21-19-8-4-2-6-15(19)14-16-7-3-5-9-20(16)21/h2-14,22-23H,1H3. The third-order valence-corrected chi connectivity index (χ3v) is 4.84. The molecule has 4 aromatic rings. The van der Waals surface area contributed by atoms with Crippen LogP contribution in [0.4, 0.5) is 17.1 Å². The van der Waals surface area contributed by atoms with Crippen LogP contribution in [0, 0.1) is 0 Å². The van der Waals surface area contributed by atoms with Gasteiger partial charge in [-0.25, -0.2) is 8.42 Å². The highest BCUT2D eigenvalue weighted by molar-refractivity contribution is 7.92. The van der Waals surface area contributed by atoms with Gasteiger partial charge in [-0.05, 0) is 41.1 Å². The van der Waals surface area contributed by atoms with Crippen LogP contribution in [0.2, 0.25) is 0 Å². The van der Waals surface area contributed by atoms with Crippen LogP contribution in [0.25, 0.3) is 21.5 Å². The van der Waals surface area contributed by atoms with E-state index < -0.39 is 10.0 Å². The number of hydrogen-bond acceptors (Lipinski definition) is 3. The molecule has 2 N–H and O–H groups in total. The second-order valence-corrected chi connectivity index (χ2v) is 8.02. The summed E-state index contributed by atoms with van der Waals surface area (Å²) in [6.45, 7) is 0. The van der Waals surface area contributed by atoms with Gasteiger partial charge in [0.15, 0.2) is 0 Å². The maximum absolute atomic E-state index is 11.3. The van der Waals surface area contributed by atoms with Gasteiger partial charge in [-0.3, -0.25) is 4.72 Å². The molecule has 0 heterocycles. The monoisotopic (exact) mass is 362 g/mol. The Hall–Kier alpha value is -3.05. The number of nitrogens with one attached hydrogen (secondary N) is 2. The Morgan fingerprint density at radius 1 is 0.692 bits per heavy atom. The third kappa shape index (κ3) is 3.34. The van der Waals surface area contributed by atoms with E-state index in [4.69, 9.17) is 0 Å². The van der Waals surface area contributed by atoms with Crippen LogP contribution in [0.15, 0.2) is 78.9 Å². The van der Waals surface area contributed by atoms with Gasteiger partial charge in [0.1, 0.15) is 0 Å². The SMILES string of the molecule is CS(=O)(=O)Nc1ccc(Nc2c3ccccc3cc3ccccc23)cc1. The quantitative estimate of drug-likeness (QED) is 0.496. The van der Waals surface area contributed by atoms with E-state index in [9.17, 15) is 8.42 Å². The maximum atomic E-state index is 11.3. The van der Waals surface area contributed by atoms with Crippen molar-refractivity contribution in [3.05, 3.63) is 78.9 Å². The van der Waals surface area contributed by atoms with E-state index in [1.807, 2.05) is 36.4 Å². The highest BCUT2D eigenvalue weighted by Gasteiger charge is 2.08. The summed E-state index contributed by atoms with van der Waals surface area (Å²) in [7, 11) is -3.28. The molecule has 0 aliphatic rings. The fourth-order valence-electron chi connectivity index (χ4n) is 3.13. The van der Waals surface area contributed by atoms with Gasteiger partial charge in [-0.1, -0.05) is 48.5 Å². The molecule has 0 saturated heterocycles. The fraction of sp³-hybridized carbons (Fsp3) is 0.0476. The lowest BCUT2D eigenvalue weighted by atomic mass is 10.0. The molecule has 0 aliphatic carbocycles. The zero-order valence-corrected chi connectivity index (χ0v) is 15.0. The zero-order valence-electron chi connectivity index (χ0n) is 14.2. The van der Waals surface area contributed by atoms with Gasteiger partial charge < -0.3 is 5.32 Å². The van der Waals surface area contributed by atoms with Crippen LogP contribution in [0.5, 0.6) is 0 Å². The van der Waals surface area contributed by atoms with Gasteiger partial charge in [0.2, 0.25) is 10.0 Å². The minimum absolute atomic E-state index is 0.542. The molecule has 0 spiro atoms. The van der Waals surface area contributed by atoms with E-state index in [1.54, 1.807) is 12.1 Å². The highest BCUT2D eigenvalue weighted by atomic mass is 32.2. The molecular weight excluding hydrogens is 344 g/mol. The molecule has 26 heavy (non-hydrogen) atoms. The van der Waals surface area contributed by atoms with Crippen LogP contribution in [0.3, 0.4) is 0 Å². The van der Waals surface area contributed by atoms with E-state index in [1.165, 1.54) is 10.8 Å². The summed E-state index contributed by atoms with van der Waals surface area (Å²) in [5.41, 5.74) is 2.48. The van der Waals surface area contributed by atoms with Crippen LogP contribution in [0.1, 0.15) is 0 Å². The van der Waals surface area contributed by atoms with E-state index >= 15 is 0 Å². The first-order valence-electron chi connectivity index (χ1n) is 8.25. The Balaban J connectivity index is 1.78. The number of sulfonamides is 1. The van der Waals surface area contributed by atoms with Crippen molar-refractivity contribution in [2.45, 2.75) is 0 Å².